The number of nitrogens with one attached hydrogen (secondary N) is 1. The number of carbonyl (C=O) groups excluding carboxylic acids is 1. The lowest BCUT2D eigenvalue weighted by atomic mass is 10.1. The van der Waals surface area contributed by atoms with E-state index in [2.05, 4.69) is 33.4 Å². The Balaban J connectivity index is 0.00000338. The highest BCUT2D eigenvalue weighted by Gasteiger charge is 2.23. The normalized spacial score (nSPS) is 14.7. The van der Waals surface area contributed by atoms with Crippen molar-refractivity contribution in [3.8, 4) is 0 Å². The molecule has 0 saturated carbocycles. The molecule has 26 heavy (non-hydrogen) atoms. The fourth-order valence-electron chi connectivity index (χ4n) is 2.83. The molecular weight excluding hydrogens is 447 g/mol. The molecule has 0 atom stereocenters. The minimum absolute atomic E-state index is 0. The van der Waals surface area contributed by atoms with Gasteiger partial charge in [-0.15, -0.1) is 24.0 Å². The SMILES string of the molecule is CCOC(=O)N1CCN(C(=NC)NCc2cccc(COC)c2)CC1.I. The third-order valence-electron chi connectivity index (χ3n) is 4.07. The first kappa shape index (κ1) is 22.5. The Labute approximate surface area is 172 Å². The lowest BCUT2D eigenvalue weighted by Crippen LogP contribution is -2.53. The van der Waals surface area contributed by atoms with E-state index in [1.54, 1.807) is 19.1 Å². The molecule has 1 fully saturated rings. The van der Waals surface area contributed by atoms with Gasteiger partial charge in [-0.1, -0.05) is 24.3 Å². The first-order valence-electron chi connectivity index (χ1n) is 8.62. The zero-order chi connectivity index (χ0) is 18.1. The molecule has 0 unspecified atom stereocenters. The number of hydrogen-bond donors (Lipinski definition) is 1. The summed E-state index contributed by atoms with van der Waals surface area (Å²) in [6.45, 7) is 6.29. The highest BCUT2D eigenvalue weighted by atomic mass is 127. The molecule has 2 rings (SSSR count). The summed E-state index contributed by atoms with van der Waals surface area (Å²) >= 11 is 0. The molecular formula is C18H29IN4O3. The van der Waals surface area contributed by atoms with Crippen LogP contribution < -0.4 is 5.32 Å². The molecule has 1 aromatic rings. The van der Waals surface area contributed by atoms with E-state index in [9.17, 15) is 4.79 Å². The molecule has 1 amide bonds. The van der Waals surface area contributed by atoms with Crippen LogP contribution in [0, 0.1) is 0 Å². The Morgan fingerprint density at radius 1 is 1.19 bits per heavy atom. The Kier molecular flexibility index (Phi) is 10.3. The molecule has 0 aliphatic carbocycles. The van der Waals surface area contributed by atoms with Crippen LogP contribution in [0.2, 0.25) is 0 Å². The van der Waals surface area contributed by atoms with Gasteiger partial charge in [-0.25, -0.2) is 4.79 Å². The molecule has 146 valence electrons. The first-order valence-corrected chi connectivity index (χ1v) is 8.62. The van der Waals surface area contributed by atoms with Crippen LogP contribution in [0.25, 0.3) is 0 Å². The fraction of sp³-hybridized carbons (Fsp3) is 0.556. The Morgan fingerprint density at radius 3 is 2.46 bits per heavy atom. The molecule has 0 radical (unpaired) electrons. The lowest BCUT2D eigenvalue weighted by Gasteiger charge is -2.35. The number of guanidine groups is 1. The molecule has 1 saturated heterocycles. The van der Waals surface area contributed by atoms with Crippen LogP contribution in [0.15, 0.2) is 29.3 Å². The summed E-state index contributed by atoms with van der Waals surface area (Å²) in [4.78, 5) is 20.0. The van der Waals surface area contributed by atoms with E-state index in [1.165, 1.54) is 5.56 Å². The summed E-state index contributed by atoms with van der Waals surface area (Å²) in [5, 5.41) is 3.39. The summed E-state index contributed by atoms with van der Waals surface area (Å²) < 4.78 is 10.2. The predicted octanol–water partition coefficient (Wildman–Crippen LogP) is 2.30. The third kappa shape index (κ3) is 6.64. The smallest absolute Gasteiger partial charge is 0.409 e. The van der Waals surface area contributed by atoms with Crippen molar-refractivity contribution >= 4 is 36.0 Å². The molecule has 1 aromatic carbocycles. The molecule has 0 bridgehead atoms. The standard InChI is InChI=1S/C18H28N4O3.HI/c1-4-25-18(23)22-10-8-21(9-11-22)17(19-2)20-13-15-6-5-7-16(12-15)14-24-3;/h5-7,12H,4,8-11,13-14H2,1-3H3,(H,19,20);1H. The van der Waals surface area contributed by atoms with Gasteiger partial charge in [-0.05, 0) is 18.1 Å². The summed E-state index contributed by atoms with van der Waals surface area (Å²) in [6.07, 6.45) is -0.236. The molecule has 0 aromatic heterocycles. The van der Waals surface area contributed by atoms with Crippen molar-refractivity contribution in [2.75, 3.05) is 46.9 Å². The highest BCUT2D eigenvalue weighted by Crippen LogP contribution is 2.08. The van der Waals surface area contributed by atoms with Crippen molar-refractivity contribution < 1.29 is 14.3 Å². The molecule has 1 heterocycles. The summed E-state index contributed by atoms with van der Waals surface area (Å²) in [7, 11) is 3.48. The van der Waals surface area contributed by atoms with Gasteiger partial charge in [-0.2, -0.15) is 0 Å². The topological polar surface area (TPSA) is 66.4 Å². The number of ether oxygens (including phenoxy) is 2. The van der Waals surface area contributed by atoms with Crippen LogP contribution in [-0.4, -0.2) is 68.8 Å². The van der Waals surface area contributed by atoms with Gasteiger partial charge in [0, 0.05) is 46.9 Å². The highest BCUT2D eigenvalue weighted by molar-refractivity contribution is 14.0. The largest absolute Gasteiger partial charge is 0.450 e. The van der Waals surface area contributed by atoms with E-state index in [-0.39, 0.29) is 30.1 Å². The average molecular weight is 476 g/mol. The monoisotopic (exact) mass is 476 g/mol. The average Bonchev–Trinajstić information content (AvgIpc) is 2.63. The minimum atomic E-state index is -0.236. The van der Waals surface area contributed by atoms with Gasteiger partial charge in [0.2, 0.25) is 0 Å². The van der Waals surface area contributed by atoms with Crippen molar-refractivity contribution in [1.82, 2.24) is 15.1 Å². The van der Waals surface area contributed by atoms with Crippen LogP contribution in [0.5, 0.6) is 0 Å². The first-order chi connectivity index (χ1) is 12.2. The number of rotatable bonds is 5. The zero-order valence-electron chi connectivity index (χ0n) is 15.7. The maximum atomic E-state index is 11.8. The van der Waals surface area contributed by atoms with Gasteiger partial charge < -0.3 is 24.6 Å². The number of halogens is 1. The van der Waals surface area contributed by atoms with Gasteiger partial charge in [0.05, 0.1) is 13.2 Å². The lowest BCUT2D eigenvalue weighted by molar-refractivity contribution is 0.0914. The van der Waals surface area contributed by atoms with E-state index < -0.39 is 0 Å². The van der Waals surface area contributed by atoms with Gasteiger partial charge in [-0.3, -0.25) is 4.99 Å². The Hall–Kier alpha value is -1.55. The number of aliphatic imine (C=N–C) groups is 1. The van der Waals surface area contributed by atoms with Crippen molar-refractivity contribution in [1.29, 1.82) is 0 Å². The van der Waals surface area contributed by atoms with E-state index in [0.717, 1.165) is 24.6 Å². The number of carbonyl (C=O) groups is 1. The number of benzene rings is 1. The van der Waals surface area contributed by atoms with Crippen LogP contribution >= 0.6 is 24.0 Å². The second-order valence-electron chi connectivity index (χ2n) is 5.83. The van der Waals surface area contributed by atoms with Crippen molar-refractivity contribution in [2.45, 2.75) is 20.1 Å². The quantitative estimate of drug-likeness (QED) is 0.402. The van der Waals surface area contributed by atoms with Crippen molar-refractivity contribution in [2.24, 2.45) is 4.99 Å². The number of amides is 1. The van der Waals surface area contributed by atoms with Crippen LogP contribution in [0.4, 0.5) is 4.79 Å². The second kappa shape index (κ2) is 11.9. The van der Waals surface area contributed by atoms with Crippen LogP contribution in [0.3, 0.4) is 0 Å². The van der Waals surface area contributed by atoms with E-state index in [4.69, 9.17) is 9.47 Å². The van der Waals surface area contributed by atoms with E-state index in [0.29, 0.717) is 32.8 Å². The third-order valence-corrected chi connectivity index (χ3v) is 4.07. The Bertz CT molecular complexity index is 590. The van der Waals surface area contributed by atoms with E-state index >= 15 is 0 Å². The molecule has 1 aliphatic rings. The van der Waals surface area contributed by atoms with Gasteiger partial charge in [0.1, 0.15) is 0 Å². The number of piperazine rings is 1. The van der Waals surface area contributed by atoms with Gasteiger partial charge >= 0.3 is 6.09 Å². The summed E-state index contributed by atoms with van der Waals surface area (Å²) in [6, 6.07) is 8.29. The maximum absolute atomic E-state index is 11.8. The van der Waals surface area contributed by atoms with Crippen LogP contribution in [-0.2, 0) is 22.6 Å². The molecule has 8 heteroatoms. The molecule has 7 nitrogen and oxygen atoms in total. The van der Waals surface area contributed by atoms with Gasteiger partial charge in [0.15, 0.2) is 5.96 Å². The van der Waals surface area contributed by atoms with E-state index in [1.807, 2.05) is 13.0 Å². The Morgan fingerprint density at radius 2 is 1.85 bits per heavy atom. The minimum Gasteiger partial charge on any atom is -0.450 e. The van der Waals surface area contributed by atoms with Crippen molar-refractivity contribution in [3.63, 3.8) is 0 Å². The second-order valence-corrected chi connectivity index (χ2v) is 5.83. The summed E-state index contributed by atoms with van der Waals surface area (Å²) in [5.41, 5.74) is 2.33. The number of hydrogen-bond acceptors (Lipinski definition) is 4. The predicted molar refractivity (Wildman–Crippen MR) is 113 cm³/mol. The molecule has 0 spiro atoms. The number of nitrogens with zero attached hydrogens (tertiary/aromatic N) is 3. The molecule has 1 aliphatic heterocycles. The number of methoxy groups -OCH3 is 1. The fourth-order valence-corrected chi connectivity index (χ4v) is 2.83. The maximum Gasteiger partial charge on any atom is 0.409 e. The summed E-state index contributed by atoms with van der Waals surface area (Å²) in [5.74, 6) is 0.848. The van der Waals surface area contributed by atoms with Crippen LogP contribution in [0.1, 0.15) is 18.1 Å². The molecule has 1 N–H and O–H groups in total. The zero-order valence-corrected chi connectivity index (χ0v) is 18.1. The van der Waals surface area contributed by atoms with Gasteiger partial charge in [0.25, 0.3) is 0 Å². The van der Waals surface area contributed by atoms with Crippen molar-refractivity contribution in [3.05, 3.63) is 35.4 Å².